The minimum Gasteiger partial charge on any atom is -0.493 e. The number of ether oxygens (including phenoxy) is 2. The van der Waals surface area contributed by atoms with Crippen molar-refractivity contribution in [2.45, 2.75) is 17.6 Å². The van der Waals surface area contributed by atoms with Crippen molar-refractivity contribution < 1.29 is 22.7 Å². The Morgan fingerprint density at radius 2 is 1.70 bits per heavy atom. The standard InChI is InChI=1S/C21H22N2O5S2/c1-14-11-18(27-2)19(28-3)13-17(14)22-20(24)12-15-6-8-16(9-7-15)23-30(25,26)21-5-4-10-29-21/h4-11,13,23H,12H2,1-3H3,(H,22,24). The van der Waals surface area contributed by atoms with Gasteiger partial charge in [0, 0.05) is 17.4 Å². The van der Waals surface area contributed by atoms with E-state index in [9.17, 15) is 13.2 Å². The molecule has 3 rings (SSSR count). The molecule has 3 aromatic rings. The third-order valence-corrected chi connectivity index (χ3v) is 7.11. The predicted octanol–water partition coefficient (Wildman–Crippen LogP) is 4.06. The largest absolute Gasteiger partial charge is 0.493 e. The molecule has 0 aliphatic heterocycles. The predicted molar refractivity (Wildman–Crippen MR) is 118 cm³/mol. The van der Waals surface area contributed by atoms with Gasteiger partial charge in [-0.3, -0.25) is 9.52 Å². The lowest BCUT2D eigenvalue weighted by molar-refractivity contribution is -0.115. The summed E-state index contributed by atoms with van der Waals surface area (Å²) in [6, 6.07) is 13.4. The summed E-state index contributed by atoms with van der Waals surface area (Å²) >= 11 is 1.15. The molecular formula is C21H22N2O5S2. The van der Waals surface area contributed by atoms with Gasteiger partial charge in [-0.2, -0.15) is 0 Å². The number of amides is 1. The first-order valence-corrected chi connectivity index (χ1v) is 11.4. The Labute approximate surface area is 179 Å². The molecule has 7 nitrogen and oxygen atoms in total. The highest BCUT2D eigenvalue weighted by molar-refractivity contribution is 7.94. The summed E-state index contributed by atoms with van der Waals surface area (Å²) in [5, 5.41) is 4.58. The number of hydrogen-bond donors (Lipinski definition) is 2. The normalized spacial score (nSPS) is 11.0. The van der Waals surface area contributed by atoms with Crippen LogP contribution in [0.5, 0.6) is 11.5 Å². The van der Waals surface area contributed by atoms with Crippen LogP contribution in [0.3, 0.4) is 0 Å². The van der Waals surface area contributed by atoms with Gasteiger partial charge < -0.3 is 14.8 Å². The molecule has 2 N–H and O–H groups in total. The van der Waals surface area contributed by atoms with Gasteiger partial charge in [0.25, 0.3) is 10.0 Å². The molecule has 0 aliphatic rings. The number of aryl methyl sites for hydroxylation is 1. The first-order valence-electron chi connectivity index (χ1n) is 9.00. The summed E-state index contributed by atoms with van der Waals surface area (Å²) in [6.07, 6.45) is 0.145. The second kappa shape index (κ2) is 9.19. The zero-order valence-corrected chi connectivity index (χ0v) is 18.4. The summed E-state index contributed by atoms with van der Waals surface area (Å²) < 4.78 is 37.9. The SMILES string of the molecule is COc1cc(C)c(NC(=O)Cc2ccc(NS(=O)(=O)c3cccs3)cc2)cc1OC. The maximum absolute atomic E-state index is 12.5. The zero-order chi connectivity index (χ0) is 21.7. The van der Waals surface area contributed by atoms with E-state index < -0.39 is 10.0 Å². The number of benzene rings is 2. The number of thiophene rings is 1. The molecule has 0 fully saturated rings. The number of carbonyl (C=O) groups is 1. The van der Waals surface area contributed by atoms with E-state index >= 15 is 0 Å². The van der Waals surface area contributed by atoms with Crippen molar-refractivity contribution in [3.63, 3.8) is 0 Å². The summed E-state index contributed by atoms with van der Waals surface area (Å²) in [7, 11) is -0.507. The number of nitrogens with one attached hydrogen (secondary N) is 2. The molecule has 30 heavy (non-hydrogen) atoms. The van der Waals surface area contributed by atoms with Gasteiger partial charge in [-0.15, -0.1) is 11.3 Å². The minimum absolute atomic E-state index is 0.145. The Morgan fingerprint density at radius 1 is 1.03 bits per heavy atom. The number of hydrogen-bond acceptors (Lipinski definition) is 6. The molecule has 1 amide bonds. The molecule has 158 valence electrons. The van der Waals surface area contributed by atoms with Gasteiger partial charge in [0.1, 0.15) is 4.21 Å². The first kappa shape index (κ1) is 21.7. The molecule has 0 atom stereocenters. The average Bonchev–Trinajstić information content (AvgIpc) is 3.26. The summed E-state index contributed by atoms with van der Waals surface area (Å²) in [4.78, 5) is 12.5. The molecule has 9 heteroatoms. The monoisotopic (exact) mass is 446 g/mol. The van der Waals surface area contributed by atoms with E-state index in [-0.39, 0.29) is 16.5 Å². The molecular weight excluding hydrogens is 424 g/mol. The van der Waals surface area contributed by atoms with Crippen LogP contribution in [-0.4, -0.2) is 28.5 Å². The Balaban J connectivity index is 1.65. The molecule has 0 saturated heterocycles. The first-order chi connectivity index (χ1) is 14.3. The van der Waals surface area contributed by atoms with Crippen LogP contribution in [0.4, 0.5) is 11.4 Å². The fourth-order valence-corrected chi connectivity index (χ4v) is 4.86. The van der Waals surface area contributed by atoms with Crippen molar-refractivity contribution in [2.24, 2.45) is 0 Å². The van der Waals surface area contributed by atoms with E-state index in [0.717, 1.165) is 22.5 Å². The van der Waals surface area contributed by atoms with Gasteiger partial charge in [-0.1, -0.05) is 18.2 Å². The number of anilines is 2. The fraction of sp³-hybridized carbons (Fsp3) is 0.190. The van der Waals surface area contributed by atoms with Gasteiger partial charge in [0.2, 0.25) is 5.91 Å². The van der Waals surface area contributed by atoms with Crippen LogP contribution in [0.2, 0.25) is 0 Å². The van der Waals surface area contributed by atoms with Crippen molar-refractivity contribution in [1.82, 2.24) is 0 Å². The van der Waals surface area contributed by atoms with Crippen molar-refractivity contribution in [1.29, 1.82) is 0 Å². The Bertz CT molecular complexity index is 1120. The van der Waals surface area contributed by atoms with Crippen LogP contribution in [0.25, 0.3) is 0 Å². The van der Waals surface area contributed by atoms with Gasteiger partial charge in [-0.25, -0.2) is 8.42 Å². The number of carbonyl (C=O) groups excluding carboxylic acids is 1. The van der Waals surface area contributed by atoms with E-state index in [0.29, 0.717) is 22.9 Å². The molecule has 0 bridgehead atoms. The topological polar surface area (TPSA) is 93.7 Å². The van der Waals surface area contributed by atoms with Crippen LogP contribution in [-0.2, 0) is 21.2 Å². The maximum atomic E-state index is 12.5. The van der Waals surface area contributed by atoms with Crippen LogP contribution in [0, 0.1) is 6.92 Å². The highest BCUT2D eigenvalue weighted by Gasteiger charge is 2.15. The molecule has 1 aromatic heterocycles. The molecule has 2 aromatic carbocycles. The van der Waals surface area contributed by atoms with E-state index in [2.05, 4.69) is 10.0 Å². The van der Waals surface area contributed by atoms with Crippen molar-refractivity contribution in [3.05, 3.63) is 65.0 Å². The quantitative estimate of drug-likeness (QED) is 0.544. The Hall–Kier alpha value is -3.04. The average molecular weight is 447 g/mol. The Kier molecular flexibility index (Phi) is 6.63. The summed E-state index contributed by atoms with van der Waals surface area (Å²) in [6.45, 7) is 1.87. The van der Waals surface area contributed by atoms with Crippen LogP contribution in [0.1, 0.15) is 11.1 Å². The number of methoxy groups -OCH3 is 2. The molecule has 1 heterocycles. The van der Waals surface area contributed by atoms with Gasteiger partial charge in [0.15, 0.2) is 11.5 Å². The smallest absolute Gasteiger partial charge is 0.271 e. The van der Waals surface area contributed by atoms with Crippen LogP contribution >= 0.6 is 11.3 Å². The molecule has 0 unspecified atom stereocenters. The third-order valence-electron chi connectivity index (χ3n) is 4.34. The fourth-order valence-electron chi connectivity index (χ4n) is 2.81. The summed E-state index contributed by atoms with van der Waals surface area (Å²) in [5.74, 6) is 0.923. The second-order valence-electron chi connectivity index (χ2n) is 6.48. The highest BCUT2D eigenvalue weighted by Crippen LogP contribution is 2.33. The van der Waals surface area contributed by atoms with E-state index in [1.807, 2.05) is 6.92 Å². The van der Waals surface area contributed by atoms with Gasteiger partial charge >= 0.3 is 0 Å². The lowest BCUT2D eigenvalue weighted by Crippen LogP contribution is -2.15. The Morgan fingerprint density at radius 3 is 2.30 bits per heavy atom. The van der Waals surface area contributed by atoms with Crippen molar-refractivity contribution in [2.75, 3.05) is 24.3 Å². The van der Waals surface area contributed by atoms with E-state index in [1.54, 1.807) is 61.0 Å². The molecule has 0 spiro atoms. The molecule has 0 aliphatic carbocycles. The lowest BCUT2D eigenvalue weighted by atomic mass is 10.1. The van der Waals surface area contributed by atoms with E-state index in [4.69, 9.17) is 9.47 Å². The van der Waals surface area contributed by atoms with Crippen LogP contribution in [0.15, 0.2) is 58.1 Å². The van der Waals surface area contributed by atoms with Crippen molar-refractivity contribution in [3.8, 4) is 11.5 Å². The minimum atomic E-state index is -3.60. The molecule has 0 saturated carbocycles. The third kappa shape index (κ3) is 5.11. The molecule has 0 radical (unpaired) electrons. The van der Waals surface area contributed by atoms with Gasteiger partial charge in [-0.05, 0) is 47.7 Å². The maximum Gasteiger partial charge on any atom is 0.271 e. The van der Waals surface area contributed by atoms with Crippen LogP contribution < -0.4 is 19.5 Å². The number of rotatable bonds is 8. The second-order valence-corrected chi connectivity index (χ2v) is 9.34. The number of sulfonamides is 1. The lowest BCUT2D eigenvalue weighted by Gasteiger charge is -2.14. The highest BCUT2D eigenvalue weighted by atomic mass is 32.2. The zero-order valence-electron chi connectivity index (χ0n) is 16.8. The van der Waals surface area contributed by atoms with Gasteiger partial charge in [0.05, 0.1) is 20.6 Å². The van der Waals surface area contributed by atoms with Crippen molar-refractivity contribution >= 4 is 38.6 Å². The van der Waals surface area contributed by atoms with E-state index in [1.165, 1.54) is 7.11 Å². The summed E-state index contributed by atoms with van der Waals surface area (Å²) in [5.41, 5.74) is 2.67.